The maximum Gasteiger partial charge on any atom is 0.409 e. The number of nitrogens with zero attached hydrogens (tertiary/aromatic N) is 2. The summed E-state index contributed by atoms with van der Waals surface area (Å²) in [4.78, 5) is 19.1. The second kappa shape index (κ2) is 8.81. The number of piperidine rings is 1. The zero-order chi connectivity index (χ0) is 21.3. The Morgan fingerprint density at radius 2 is 1.83 bits per heavy atom. The van der Waals surface area contributed by atoms with E-state index in [1.54, 1.807) is 0 Å². The molecule has 1 aliphatic heterocycles. The van der Waals surface area contributed by atoms with Gasteiger partial charge in [0.25, 0.3) is 0 Å². The fourth-order valence-electron chi connectivity index (χ4n) is 4.43. The van der Waals surface area contributed by atoms with E-state index in [1.807, 2.05) is 17.9 Å². The molecule has 0 saturated carbocycles. The van der Waals surface area contributed by atoms with Crippen molar-refractivity contribution in [3.63, 3.8) is 0 Å². The molecule has 4 rings (SSSR count). The van der Waals surface area contributed by atoms with E-state index < -0.39 is 0 Å². The second-order valence-electron chi connectivity index (χ2n) is 8.36. The quantitative estimate of drug-likeness (QED) is 0.592. The minimum absolute atomic E-state index is 0.213. The van der Waals surface area contributed by atoms with Gasteiger partial charge in [0.1, 0.15) is 0 Å². The number of hydrogen-bond acceptors (Lipinski definition) is 3. The highest BCUT2D eigenvalue weighted by molar-refractivity contribution is 6.30. The summed E-state index contributed by atoms with van der Waals surface area (Å²) in [5, 5.41) is 0.775. The van der Waals surface area contributed by atoms with E-state index in [2.05, 4.69) is 38.1 Å². The Morgan fingerprint density at radius 1 is 1.10 bits per heavy atom. The lowest BCUT2D eigenvalue weighted by molar-refractivity contribution is 0.104. The van der Waals surface area contributed by atoms with Gasteiger partial charge in [-0.05, 0) is 73.4 Å². The van der Waals surface area contributed by atoms with Crippen molar-refractivity contribution in [2.45, 2.75) is 52.4 Å². The van der Waals surface area contributed by atoms with Crippen LogP contribution in [0.4, 0.5) is 4.79 Å². The van der Waals surface area contributed by atoms with Gasteiger partial charge < -0.3 is 9.64 Å². The van der Waals surface area contributed by atoms with Gasteiger partial charge in [-0.25, -0.2) is 4.79 Å². The number of benzene rings is 1. The molecule has 30 heavy (non-hydrogen) atoms. The summed E-state index contributed by atoms with van der Waals surface area (Å²) in [6, 6.07) is 10.6. The Balaban J connectivity index is 1.81. The maximum absolute atomic E-state index is 12.2. The van der Waals surface area contributed by atoms with E-state index in [9.17, 15) is 4.79 Å². The molecule has 1 amide bonds. The predicted octanol–water partition coefficient (Wildman–Crippen LogP) is 6.01. The fraction of sp³-hybridized carbons (Fsp3) is 0.440. The molecule has 0 bridgehead atoms. The molecule has 0 N–H and O–H groups in total. The monoisotopic (exact) mass is 424 g/mol. The van der Waals surface area contributed by atoms with Crippen molar-refractivity contribution in [2.75, 3.05) is 19.7 Å². The van der Waals surface area contributed by atoms with Gasteiger partial charge in [-0.2, -0.15) is 0 Å². The molecule has 1 aliphatic carbocycles. The molecule has 0 unspecified atom stereocenters. The number of rotatable bonds is 2. The third-order valence-electron chi connectivity index (χ3n) is 6.08. The Labute approximate surface area is 183 Å². The molecule has 2 aliphatic rings. The lowest BCUT2D eigenvalue weighted by Gasteiger charge is -2.29. The molecule has 1 saturated heterocycles. The molecule has 0 atom stereocenters. The van der Waals surface area contributed by atoms with E-state index in [0.29, 0.717) is 25.6 Å². The van der Waals surface area contributed by atoms with E-state index in [0.717, 1.165) is 42.1 Å². The summed E-state index contributed by atoms with van der Waals surface area (Å²) in [6.45, 7) is 7.98. The lowest BCUT2D eigenvalue weighted by Crippen LogP contribution is -2.37. The topological polar surface area (TPSA) is 42.4 Å². The Kier molecular flexibility index (Phi) is 6.14. The normalized spacial score (nSPS) is 16.2. The molecule has 0 spiro atoms. The van der Waals surface area contributed by atoms with Crippen LogP contribution >= 0.6 is 11.6 Å². The number of carbonyl (C=O) groups is 1. The number of likely N-dealkylation sites (tertiary alicyclic amines) is 1. The van der Waals surface area contributed by atoms with Crippen molar-refractivity contribution in [1.82, 2.24) is 9.88 Å². The first kappa shape index (κ1) is 20.9. The van der Waals surface area contributed by atoms with Gasteiger partial charge in [0.05, 0.1) is 12.3 Å². The molecule has 1 aromatic heterocycles. The van der Waals surface area contributed by atoms with Crippen molar-refractivity contribution in [3.8, 4) is 0 Å². The minimum atomic E-state index is -0.213. The summed E-state index contributed by atoms with van der Waals surface area (Å²) in [5.74, 6) is 0.375. The molecule has 1 fully saturated rings. The van der Waals surface area contributed by atoms with E-state index >= 15 is 0 Å². The Hall–Kier alpha value is -2.33. The van der Waals surface area contributed by atoms with Crippen LogP contribution in [-0.4, -0.2) is 35.7 Å². The third kappa shape index (κ3) is 4.11. The molecule has 5 heteroatoms. The standard InChI is InChI=1S/C25H29ClN2O2/c1-4-30-25(29)28-13-11-17(12-14-28)23-21-9-8-20(26)15-19(21)6-5-18-7-10-22(16(2)3)27-24(18)23/h7-10,15-16H,4-6,11-14H2,1-3H3. The first-order chi connectivity index (χ1) is 14.5. The lowest BCUT2D eigenvalue weighted by atomic mass is 9.88. The first-order valence-corrected chi connectivity index (χ1v) is 11.3. The summed E-state index contributed by atoms with van der Waals surface area (Å²) < 4.78 is 5.19. The van der Waals surface area contributed by atoms with Crippen LogP contribution in [0, 0.1) is 0 Å². The van der Waals surface area contributed by atoms with E-state index in [1.165, 1.54) is 27.8 Å². The molecule has 2 aromatic rings. The second-order valence-corrected chi connectivity index (χ2v) is 8.80. The van der Waals surface area contributed by atoms with Gasteiger partial charge >= 0.3 is 6.09 Å². The van der Waals surface area contributed by atoms with Crippen LogP contribution in [0.25, 0.3) is 5.57 Å². The highest BCUT2D eigenvalue weighted by atomic mass is 35.5. The highest BCUT2D eigenvalue weighted by Gasteiger charge is 2.27. The van der Waals surface area contributed by atoms with Crippen LogP contribution in [0.5, 0.6) is 0 Å². The van der Waals surface area contributed by atoms with Gasteiger partial charge in [0.15, 0.2) is 0 Å². The summed E-state index contributed by atoms with van der Waals surface area (Å²) in [6.07, 6.45) is 3.37. The Bertz CT molecular complexity index is 987. The number of pyridine rings is 1. The van der Waals surface area contributed by atoms with Crippen molar-refractivity contribution in [1.29, 1.82) is 0 Å². The number of ether oxygens (including phenoxy) is 1. The van der Waals surface area contributed by atoms with E-state index in [4.69, 9.17) is 21.3 Å². The third-order valence-corrected chi connectivity index (χ3v) is 6.31. The number of amides is 1. The number of carbonyl (C=O) groups excluding carboxylic acids is 1. The highest BCUT2D eigenvalue weighted by Crippen LogP contribution is 2.39. The van der Waals surface area contributed by atoms with Crippen LogP contribution < -0.4 is 0 Å². The summed E-state index contributed by atoms with van der Waals surface area (Å²) in [5.41, 5.74) is 8.67. The molecule has 2 heterocycles. The number of halogens is 1. The molecule has 4 nitrogen and oxygen atoms in total. The summed E-state index contributed by atoms with van der Waals surface area (Å²) in [7, 11) is 0. The van der Waals surface area contributed by atoms with Gasteiger partial charge in [0, 0.05) is 29.4 Å². The summed E-state index contributed by atoms with van der Waals surface area (Å²) >= 11 is 6.34. The molecule has 0 radical (unpaired) electrons. The van der Waals surface area contributed by atoms with Gasteiger partial charge in [-0.15, -0.1) is 0 Å². The van der Waals surface area contributed by atoms with Crippen molar-refractivity contribution in [3.05, 3.63) is 69.0 Å². The molecular formula is C25H29ClN2O2. The number of fused-ring (bicyclic) bond motifs is 2. The molecular weight excluding hydrogens is 396 g/mol. The van der Waals surface area contributed by atoms with Crippen LogP contribution in [0.1, 0.15) is 67.6 Å². The number of aromatic nitrogens is 1. The minimum Gasteiger partial charge on any atom is -0.450 e. The van der Waals surface area contributed by atoms with Crippen molar-refractivity contribution >= 4 is 23.3 Å². The maximum atomic E-state index is 12.2. The van der Waals surface area contributed by atoms with Gasteiger partial charge in [-0.3, -0.25) is 4.98 Å². The smallest absolute Gasteiger partial charge is 0.409 e. The Morgan fingerprint density at radius 3 is 2.53 bits per heavy atom. The SMILES string of the molecule is CCOC(=O)N1CCC(=C2c3ccc(Cl)cc3CCc3ccc(C(C)C)nc32)CC1. The average Bonchev–Trinajstić information content (AvgIpc) is 2.90. The van der Waals surface area contributed by atoms with Crippen LogP contribution in [0.2, 0.25) is 5.02 Å². The van der Waals surface area contributed by atoms with E-state index in [-0.39, 0.29) is 6.09 Å². The fourth-order valence-corrected chi connectivity index (χ4v) is 4.63. The predicted molar refractivity (Wildman–Crippen MR) is 121 cm³/mol. The average molecular weight is 425 g/mol. The molecule has 158 valence electrons. The number of aryl methyl sites for hydroxylation is 2. The first-order valence-electron chi connectivity index (χ1n) is 10.9. The van der Waals surface area contributed by atoms with Crippen molar-refractivity contribution in [2.24, 2.45) is 0 Å². The zero-order valence-electron chi connectivity index (χ0n) is 18.0. The molecule has 1 aromatic carbocycles. The van der Waals surface area contributed by atoms with Crippen LogP contribution in [0.3, 0.4) is 0 Å². The van der Waals surface area contributed by atoms with Gasteiger partial charge in [0.2, 0.25) is 0 Å². The van der Waals surface area contributed by atoms with Crippen LogP contribution in [-0.2, 0) is 17.6 Å². The van der Waals surface area contributed by atoms with Crippen LogP contribution in [0.15, 0.2) is 35.9 Å². The zero-order valence-corrected chi connectivity index (χ0v) is 18.8. The number of hydrogen-bond donors (Lipinski definition) is 0. The van der Waals surface area contributed by atoms with Crippen molar-refractivity contribution < 1.29 is 9.53 Å². The largest absolute Gasteiger partial charge is 0.450 e. The van der Waals surface area contributed by atoms with Gasteiger partial charge in [-0.1, -0.05) is 43.2 Å².